The highest BCUT2D eigenvalue weighted by Crippen LogP contribution is 2.19. The summed E-state index contributed by atoms with van der Waals surface area (Å²) in [5.41, 5.74) is 3.30. The van der Waals surface area contributed by atoms with Crippen LogP contribution in [-0.2, 0) is 4.79 Å². The number of anilines is 1. The summed E-state index contributed by atoms with van der Waals surface area (Å²) in [5.74, 6) is -5.52. The number of carbonyl (C=O) groups excluding carboxylic acids is 2. The Morgan fingerprint density at radius 3 is 2.24 bits per heavy atom. The lowest BCUT2D eigenvalue weighted by Gasteiger charge is -2.07. The van der Waals surface area contributed by atoms with Gasteiger partial charge in [0.2, 0.25) is 0 Å². The number of carbonyl (C=O) groups is 2. The Hall–Kier alpha value is -2.12. The van der Waals surface area contributed by atoms with Crippen LogP contribution in [0.15, 0.2) is 12.1 Å². The molecule has 0 aliphatic carbocycles. The van der Waals surface area contributed by atoms with E-state index in [0.717, 1.165) is 0 Å². The molecule has 92 valence electrons. The van der Waals surface area contributed by atoms with Gasteiger partial charge >= 0.3 is 6.43 Å². The van der Waals surface area contributed by atoms with Crippen molar-refractivity contribution in [2.75, 3.05) is 5.32 Å². The molecule has 0 aliphatic rings. The minimum atomic E-state index is -3.36. The average molecular weight is 250 g/mol. The zero-order chi connectivity index (χ0) is 13.2. The summed E-state index contributed by atoms with van der Waals surface area (Å²) in [4.78, 5) is 21.3. The third-order valence-electron chi connectivity index (χ3n) is 1.78. The van der Waals surface area contributed by atoms with Crippen LogP contribution < -0.4 is 11.1 Å². The van der Waals surface area contributed by atoms with E-state index in [1.165, 1.54) is 5.32 Å². The summed E-state index contributed by atoms with van der Waals surface area (Å²) in [7, 11) is 0. The topological polar surface area (TPSA) is 72.2 Å². The van der Waals surface area contributed by atoms with Crippen molar-refractivity contribution < 1.29 is 27.2 Å². The highest BCUT2D eigenvalue weighted by atomic mass is 19.3. The number of nitrogens with two attached hydrogens (primary N) is 1. The third-order valence-corrected chi connectivity index (χ3v) is 1.78. The first-order chi connectivity index (χ1) is 7.82. The quantitative estimate of drug-likeness (QED) is 0.793. The Kier molecular flexibility index (Phi) is 3.66. The second-order valence-electron chi connectivity index (χ2n) is 2.97. The summed E-state index contributed by atoms with van der Waals surface area (Å²) in [6.45, 7) is 0. The van der Waals surface area contributed by atoms with Crippen LogP contribution in [0.3, 0.4) is 0 Å². The van der Waals surface area contributed by atoms with Crippen LogP contribution in [0.2, 0.25) is 0 Å². The van der Waals surface area contributed by atoms with E-state index in [4.69, 9.17) is 5.73 Å². The predicted molar refractivity (Wildman–Crippen MR) is 49.5 cm³/mol. The molecule has 0 radical (unpaired) electrons. The molecule has 0 aliphatic heterocycles. The number of alkyl halides is 2. The van der Waals surface area contributed by atoms with Crippen molar-refractivity contribution in [1.82, 2.24) is 0 Å². The van der Waals surface area contributed by atoms with Gasteiger partial charge in [0.05, 0.1) is 11.3 Å². The monoisotopic (exact) mass is 250 g/mol. The van der Waals surface area contributed by atoms with Gasteiger partial charge in [0.1, 0.15) is 11.6 Å². The van der Waals surface area contributed by atoms with Crippen LogP contribution in [0.25, 0.3) is 0 Å². The Morgan fingerprint density at radius 1 is 1.18 bits per heavy atom. The molecule has 0 saturated heterocycles. The molecule has 2 amide bonds. The van der Waals surface area contributed by atoms with Crippen LogP contribution in [0.5, 0.6) is 0 Å². The Labute approximate surface area is 92.4 Å². The molecule has 0 heterocycles. The van der Waals surface area contributed by atoms with Gasteiger partial charge in [-0.2, -0.15) is 8.78 Å². The molecule has 3 N–H and O–H groups in total. The van der Waals surface area contributed by atoms with Gasteiger partial charge in [-0.05, 0) is 6.07 Å². The molecule has 17 heavy (non-hydrogen) atoms. The average Bonchev–Trinajstić information content (AvgIpc) is 2.21. The Bertz CT molecular complexity index is 476. The van der Waals surface area contributed by atoms with Crippen molar-refractivity contribution in [3.8, 4) is 0 Å². The van der Waals surface area contributed by atoms with Gasteiger partial charge in [-0.15, -0.1) is 0 Å². The molecule has 4 nitrogen and oxygen atoms in total. The van der Waals surface area contributed by atoms with E-state index in [9.17, 15) is 27.2 Å². The second kappa shape index (κ2) is 4.81. The molecule has 0 unspecified atom stereocenters. The SMILES string of the molecule is NC(=O)c1cc(NC(=O)C(F)F)c(F)cc1F. The van der Waals surface area contributed by atoms with E-state index in [2.05, 4.69) is 0 Å². The molecule has 0 aromatic heterocycles. The minimum absolute atomic E-state index is 0.265. The van der Waals surface area contributed by atoms with E-state index in [0.29, 0.717) is 6.07 Å². The normalized spacial score (nSPS) is 10.4. The van der Waals surface area contributed by atoms with Crippen LogP contribution in [0, 0.1) is 11.6 Å². The molecule has 8 heteroatoms. The highest BCUT2D eigenvalue weighted by molar-refractivity contribution is 5.97. The number of rotatable bonds is 3. The molecule has 0 bridgehead atoms. The molecular formula is C9H6F4N2O2. The van der Waals surface area contributed by atoms with Crippen LogP contribution >= 0.6 is 0 Å². The van der Waals surface area contributed by atoms with Crippen molar-refractivity contribution >= 4 is 17.5 Å². The maximum atomic E-state index is 13.1. The second-order valence-corrected chi connectivity index (χ2v) is 2.97. The zero-order valence-electron chi connectivity index (χ0n) is 8.14. The van der Waals surface area contributed by atoms with Crippen LogP contribution in [-0.4, -0.2) is 18.2 Å². The molecule has 0 fully saturated rings. The van der Waals surface area contributed by atoms with Gasteiger partial charge in [0.15, 0.2) is 0 Å². The fourth-order valence-electron chi connectivity index (χ4n) is 1.02. The molecule has 0 atom stereocenters. The third kappa shape index (κ3) is 2.92. The van der Waals surface area contributed by atoms with E-state index in [-0.39, 0.29) is 6.07 Å². The van der Waals surface area contributed by atoms with Gasteiger partial charge in [0.25, 0.3) is 11.8 Å². The molecule has 1 aromatic rings. The summed E-state index contributed by atoms with van der Waals surface area (Å²) in [6.07, 6.45) is -3.36. The van der Waals surface area contributed by atoms with E-state index in [1.54, 1.807) is 0 Å². The number of benzene rings is 1. The van der Waals surface area contributed by atoms with Crippen molar-refractivity contribution in [3.05, 3.63) is 29.3 Å². The smallest absolute Gasteiger partial charge is 0.315 e. The van der Waals surface area contributed by atoms with Crippen molar-refractivity contribution in [3.63, 3.8) is 0 Å². The molecule has 1 rings (SSSR count). The summed E-state index contributed by atoms with van der Waals surface area (Å²) < 4.78 is 49.8. The first kappa shape index (κ1) is 12.9. The Balaban J connectivity index is 3.12. The summed E-state index contributed by atoms with van der Waals surface area (Å²) in [5, 5.41) is 1.49. The number of hydrogen-bond donors (Lipinski definition) is 2. The van der Waals surface area contributed by atoms with Crippen LogP contribution in [0.1, 0.15) is 10.4 Å². The number of nitrogens with one attached hydrogen (secondary N) is 1. The van der Waals surface area contributed by atoms with E-state index in [1.807, 2.05) is 0 Å². The van der Waals surface area contributed by atoms with Gasteiger partial charge in [0, 0.05) is 6.07 Å². The maximum absolute atomic E-state index is 13.1. The van der Waals surface area contributed by atoms with Crippen molar-refractivity contribution in [2.24, 2.45) is 5.73 Å². The van der Waals surface area contributed by atoms with Crippen LogP contribution in [0.4, 0.5) is 23.2 Å². The fourth-order valence-corrected chi connectivity index (χ4v) is 1.02. The number of halogens is 4. The van der Waals surface area contributed by atoms with Gasteiger partial charge < -0.3 is 11.1 Å². The first-order valence-corrected chi connectivity index (χ1v) is 4.20. The van der Waals surface area contributed by atoms with Gasteiger partial charge in [-0.3, -0.25) is 9.59 Å². The molecule has 1 aromatic carbocycles. The first-order valence-electron chi connectivity index (χ1n) is 4.20. The highest BCUT2D eigenvalue weighted by Gasteiger charge is 2.19. The van der Waals surface area contributed by atoms with Crippen molar-refractivity contribution in [1.29, 1.82) is 0 Å². The lowest BCUT2D eigenvalue weighted by molar-refractivity contribution is -0.126. The van der Waals surface area contributed by atoms with E-state index >= 15 is 0 Å². The molecular weight excluding hydrogens is 244 g/mol. The number of hydrogen-bond acceptors (Lipinski definition) is 2. The maximum Gasteiger partial charge on any atom is 0.315 e. The summed E-state index contributed by atoms with van der Waals surface area (Å²) >= 11 is 0. The predicted octanol–water partition coefficient (Wildman–Crippen LogP) is 1.27. The van der Waals surface area contributed by atoms with Gasteiger partial charge in [-0.1, -0.05) is 0 Å². The van der Waals surface area contributed by atoms with Crippen molar-refractivity contribution in [2.45, 2.75) is 6.43 Å². The zero-order valence-corrected chi connectivity index (χ0v) is 8.14. The lowest BCUT2D eigenvalue weighted by atomic mass is 10.1. The molecule has 0 saturated carbocycles. The standard InChI is InChI=1S/C9H6F4N2O2/c10-4-2-5(11)6(1-3(4)8(14)16)15-9(17)7(12)13/h1-2,7H,(H2,14,16)(H,15,17). The number of primary amides is 1. The largest absolute Gasteiger partial charge is 0.366 e. The Morgan fingerprint density at radius 2 is 1.76 bits per heavy atom. The summed E-state index contributed by atoms with van der Waals surface area (Å²) in [6, 6.07) is 0.814. The van der Waals surface area contributed by atoms with E-state index < -0.39 is 41.1 Å². The lowest BCUT2D eigenvalue weighted by Crippen LogP contribution is -2.22. The number of amides is 2. The minimum Gasteiger partial charge on any atom is -0.366 e. The fraction of sp³-hybridized carbons (Fsp3) is 0.111. The van der Waals surface area contributed by atoms with Gasteiger partial charge in [-0.25, -0.2) is 8.78 Å². The molecule has 0 spiro atoms.